The number of pyridine rings is 1. The van der Waals surface area contributed by atoms with Gasteiger partial charge in [0.2, 0.25) is 0 Å². The summed E-state index contributed by atoms with van der Waals surface area (Å²) in [6.45, 7) is 0. The number of Topliss-reactive ketones (excluding diaryl/α,β-unsaturated/α-hetero) is 1. The predicted molar refractivity (Wildman–Crippen MR) is 52.9 cm³/mol. The number of nitrogens with zero attached hydrogens (tertiary/aromatic N) is 1. The summed E-state index contributed by atoms with van der Waals surface area (Å²) in [5, 5.41) is 0. The third-order valence-electron chi connectivity index (χ3n) is 1.58. The van der Waals surface area contributed by atoms with Crippen LogP contribution in [-0.2, 0) is 9.53 Å². The fraction of sp³-hybridized carbons (Fsp3) is 0.222. The van der Waals surface area contributed by atoms with Crippen molar-refractivity contribution in [3.05, 3.63) is 28.5 Å². The minimum absolute atomic E-state index is 0.243. The molecule has 4 nitrogen and oxygen atoms in total. The van der Waals surface area contributed by atoms with Gasteiger partial charge in [0.25, 0.3) is 0 Å². The third kappa shape index (κ3) is 2.92. The van der Waals surface area contributed by atoms with Crippen LogP contribution < -0.4 is 0 Å². The van der Waals surface area contributed by atoms with Gasteiger partial charge in [-0.3, -0.25) is 9.59 Å². The standard InChI is InChI=1S/C9H8BrNO3/c1-14-9(13)5-7(12)6-2-3-11-8(10)4-6/h2-4H,5H2,1H3. The van der Waals surface area contributed by atoms with Gasteiger partial charge in [0.15, 0.2) is 5.78 Å². The first-order chi connectivity index (χ1) is 6.63. The fourth-order valence-electron chi connectivity index (χ4n) is 0.881. The van der Waals surface area contributed by atoms with Crippen molar-refractivity contribution in [3.8, 4) is 0 Å². The molecule has 0 radical (unpaired) electrons. The Hall–Kier alpha value is -1.23. The summed E-state index contributed by atoms with van der Waals surface area (Å²) in [5.41, 5.74) is 0.442. The lowest BCUT2D eigenvalue weighted by Crippen LogP contribution is -2.09. The van der Waals surface area contributed by atoms with Crippen LogP contribution >= 0.6 is 15.9 Å². The van der Waals surface area contributed by atoms with Crippen molar-refractivity contribution in [1.29, 1.82) is 0 Å². The van der Waals surface area contributed by atoms with Crippen molar-refractivity contribution in [2.45, 2.75) is 6.42 Å². The molecule has 0 aliphatic heterocycles. The number of aromatic nitrogens is 1. The van der Waals surface area contributed by atoms with Crippen molar-refractivity contribution in [3.63, 3.8) is 0 Å². The van der Waals surface area contributed by atoms with Gasteiger partial charge >= 0.3 is 5.97 Å². The number of ketones is 1. The van der Waals surface area contributed by atoms with E-state index in [9.17, 15) is 9.59 Å². The molecule has 0 saturated carbocycles. The van der Waals surface area contributed by atoms with Gasteiger partial charge in [0.1, 0.15) is 11.0 Å². The number of esters is 1. The molecule has 0 amide bonds. The molecule has 0 spiro atoms. The molecular formula is C9H8BrNO3. The molecule has 0 N–H and O–H groups in total. The molecule has 0 bridgehead atoms. The van der Waals surface area contributed by atoms with E-state index in [1.54, 1.807) is 12.1 Å². The highest BCUT2D eigenvalue weighted by molar-refractivity contribution is 9.10. The Morgan fingerprint density at radius 3 is 2.86 bits per heavy atom. The number of rotatable bonds is 3. The number of hydrogen-bond acceptors (Lipinski definition) is 4. The third-order valence-corrected chi connectivity index (χ3v) is 2.01. The Morgan fingerprint density at radius 2 is 2.29 bits per heavy atom. The number of ether oxygens (including phenoxy) is 1. The van der Waals surface area contributed by atoms with E-state index in [1.165, 1.54) is 13.3 Å². The molecule has 5 heteroatoms. The first-order valence-electron chi connectivity index (χ1n) is 3.85. The molecule has 0 aliphatic carbocycles. The first-order valence-corrected chi connectivity index (χ1v) is 4.64. The van der Waals surface area contributed by atoms with E-state index >= 15 is 0 Å². The van der Waals surface area contributed by atoms with Crippen molar-refractivity contribution in [1.82, 2.24) is 4.98 Å². The zero-order valence-electron chi connectivity index (χ0n) is 7.49. The molecule has 0 fully saturated rings. The number of carbonyl (C=O) groups excluding carboxylic acids is 2. The molecule has 0 saturated heterocycles. The Labute approximate surface area is 89.4 Å². The van der Waals surface area contributed by atoms with Gasteiger partial charge in [-0.05, 0) is 28.1 Å². The van der Waals surface area contributed by atoms with Gasteiger partial charge in [-0.2, -0.15) is 0 Å². The van der Waals surface area contributed by atoms with Gasteiger partial charge in [-0.15, -0.1) is 0 Å². The second-order valence-electron chi connectivity index (χ2n) is 2.54. The normalized spacial score (nSPS) is 9.57. The first kappa shape index (κ1) is 10.8. The summed E-state index contributed by atoms with van der Waals surface area (Å²) in [6, 6.07) is 3.11. The second kappa shape index (κ2) is 4.85. The zero-order valence-corrected chi connectivity index (χ0v) is 9.08. The molecule has 0 unspecified atom stereocenters. The van der Waals surface area contributed by atoms with Crippen LogP contribution in [0.2, 0.25) is 0 Å². The van der Waals surface area contributed by atoms with Gasteiger partial charge in [0.05, 0.1) is 7.11 Å². The van der Waals surface area contributed by atoms with Crippen LogP contribution in [0.4, 0.5) is 0 Å². The van der Waals surface area contributed by atoms with Crippen LogP contribution in [0.1, 0.15) is 16.8 Å². The molecule has 1 heterocycles. The number of carbonyl (C=O) groups is 2. The quantitative estimate of drug-likeness (QED) is 0.357. The van der Waals surface area contributed by atoms with E-state index in [0.29, 0.717) is 10.2 Å². The molecule has 0 aliphatic rings. The molecule has 0 aromatic carbocycles. The average molecular weight is 258 g/mol. The summed E-state index contributed by atoms with van der Waals surface area (Å²) in [4.78, 5) is 26.1. The number of hydrogen-bond donors (Lipinski definition) is 0. The summed E-state index contributed by atoms with van der Waals surface area (Å²) in [7, 11) is 1.25. The molecule has 0 atom stereocenters. The maximum Gasteiger partial charge on any atom is 0.313 e. The smallest absolute Gasteiger partial charge is 0.313 e. The Morgan fingerprint density at radius 1 is 1.57 bits per heavy atom. The van der Waals surface area contributed by atoms with Crippen LogP contribution in [-0.4, -0.2) is 23.8 Å². The molecule has 1 rings (SSSR count). The largest absolute Gasteiger partial charge is 0.469 e. The highest BCUT2D eigenvalue weighted by Gasteiger charge is 2.11. The lowest BCUT2D eigenvalue weighted by Gasteiger charge is -1.99. The highest BCUT2D eigenvalue weighted by atomic mass is 79.9. The number of halogens is 1. The van der Waals surface area contributed by atoms with E-state index in [2.05, 4.69) is 25.7 Å². The Balaban J connectivity index is 2.75. The summed E-state index contributed by atoms with van der Waals surface area (Å²) < 4.78 is 4.95. The van der Waals surface area contributed by atoms with Crippen molar-refractivity contribution < 1.29 is 14.3 Å². The summed E-state index contributed by atoms with van der Waals surface area (Å²) in [5.74, 6) is -0.817. The molecule has 1 aromatic heterocycles. The second-order valence-corrected chi connectivity index (χ2v) is 3.36. The van der Waals surface area contributed by atoms with Gasteiger partial charge in [-0.1, -0.05) is 0 Å². The molecular weight excluding hydrogens is 250 g/mol. The average Bonchev–Trinajstić information content (AvgIpc) is 2.17. The van der Waals surface area contributed by atoms with Crippen LogP contribution in [0.15, 0.2) is 22.9 Å². The fourth-order valence-corrected chi connectivity index (χ4v) is 1.25. The van der Waals surface area contributed by atoms with Crippen LogP contribution in [0.5, 0.6) is 0 Å². The van der Waals surface area contributed by atoms with E-state index < -0.39 is 5.97 Å². The van der Waals surface area contributed by atoms with Crippen molar-refractivity contribution >= 4 is 27.7 Å². The topological polar surface area (TPSA) is 56.3 Å². The van der Waals surface area contributed by atoms with Crippen LogP contribution in [0, 0.1) is 0 Å². The lowest BCUT2D eigenvalue weighted by atomic mass is 10.1. The van der Waals surface area contributed by atoms with E-state index in [-0.39, 0.29) is 12.2 Å². The monoisotopic (exact) mass is 257 g/mol. The van der Waals surface area contributed by atoms with E-state index in [0.717, 1.165) is 0 Å². The van der Waals surface area contributed by atoms with Crippen LogP contribution in [0.25, 0.3) is 0 Å². The lowest BCUT2D eigenvalue weighted by molar-refractivity contribution is -0.139. The highest BCUT2D eigenvalue weighted by Crippen LogP contribution is 2.10. The van der Waals surface area contributed by atoms with Crippen molar-refractivity contribution in [2.24, 2.45) is 0 Å². The summed E-state index contributed by atoms with van der Waals surface area (Å²) >= 11 is 3.13. The summed E-state index contributed by atoms with van der Waals surface area (Å²) in [6.07, 6.45) is 1.25. The van der Waals surface area contributed by atoms with Gasteiger partial charge < -0.3 is 4.74 Å². The maximum absolute atomic E-state index is 11.4. The minimum atomic E-state index is -0.539. The SMILES string of the molecule is COC(=O)CC(=O)c1ccnc(Br)c1. The van der Waals surface area contributed by atoms with Crippen LogP contribution in [0.3, 0.4) is 0 Å². The zero-order chi connectivity index (χ0) is 10.6. The van der Waals surface area contributed by atoms with E-state index in [4.69, 9.17) is 0 Å². The maximum atomic E-state index is 11.4. The molecule has 14 heavy (non-hydrogen) atoms. The van der Waals surface area contributed by atoms with Crippen molar-refractivity contribution in [2.75, 3.05) is 7.11 Å². The molecule has 1 aromatic rings. The van der Waals surface area contributed by atoms with Gasteiger partial charge in [0, 0.05) is 11.8 Å². The number of methoxy groups -OCH3 is 1. The van der Waals surface area contributed by atoms with E-state index in [1.807, 2.05) is 0 Å². The Kier molecular flexibility index (Phi) is 3.76. The van der Waals surface area contributed by atoms with Gasteiger partial charge in [-0.25, -0.2) is 4.98 Å². The Bertz CT molecular complexity index is 365. The predicted octanol–water partition coefficient (Wildman–Crippen LogP) is 1.59. The minimum Gasteiger partial charge on any atom is -0.469 e. The molecule has 74 valence electrons.